The first-order valence-electron chi connectivity index (χ1n) is 12.9. The number of likely N-dealkylation sites (N-methyl/N-ethyl adjacent to an activating group) is 1. The van der Waals surface area contributed by atoms with Gasteiger partial charge in [-0.25, -0.2) is 4.79 Å². The molecule has 2 aromatic heterocycles. The number of halogens is 3. The Morgan fingerprint density at radius 3 is 2.51 bits per heavy atom. The van der Waals surface area contributed by atoms with Crippen molar-refractivity contribution in [3.05, 3.63) is 58.1 Å². The minimum absolute atomic E-state index is 0.196. The number of carbonyl (C=O) groups excluding carboxylic acids is 3. The van der Waals surface area contributed by atoms with E-state index < -0.39 is 23.8 Å². The molecule has 3 heterocycles. The standard InChI is InChI=1S/C27H30F3N7O4/c1-5-37(6-2)10-9-31-25(39)23-14(3)19(32-15(23)4)12-18-17-8-7-16(11-20(17)34-24(18)38)33-26(40)35-22-13-21(41-36-22)27(28,29)30/h7-8,11-13,32H,5-6,9-10H2,1-4H3,(H,31,39)(H,34,38)(H2,33,35,36,40)/b18-12-. The largest absolute Gasteiger partial charge is 0.452 e. The Labute approximate surface area is 233 Å². The normalized spacial score (nSPS) is 13.9. The topological polar surface area (TPSA) is 144 Å². The van der Waals surface area contributed by atoms with Crippen LogP contribution in [0.3, 0.4) is 0 Å². The highest BCUT2D eigenvalue weighted by atomic mass is 19.4. The van der Waals surface area contributed by atoms with Gasteiger partial charge in [0, 0.05) is 41.8 Å². The molecule has 0 saturated carbocycles. The summed E-state index contributed by atoms with van der Waals surface area (Å²) < 4.78 is 42.2. The zero-order valence-corrected chi connectivity index (χ0v) is 22.9. The van der Waals surface area contributed by atoms with E-state index in [1.807, 2.05) is 0 Å². The number of alkyl halides is 3. The van der Waals surface area contributed by atoms with E-state index in [4.69, 9.17) is 0 Å². The monoisotopic (exact) mass is 573 g/mol. The van der Waals surface area contributed by atoms with Gasteiger partial charge < -0.3 is 30.4 Å². The molecule has 11 nitrogen and oxygen atoms in total. The summed E-state index contributed by atoms with van der Waals surface area (Å²) in [5.74, 6) is -2.33. The van der Waals surface area contributed by atoms with Crippen LogP contribution in [0.4, 0.5) is 35.2 Å². The van der Waals surface area contributed by atoms with Crippen molar-refractivity contribution in [2.24, 2.45) is 0 Å². The highest BCUT2D eigenvalue weighted by molar-refractivity contribution is 6.35. The minimum Gasteiger partial charge on any atom is -0.358 e. The maximum atomic E-state index is 12.9. The summed E-state index contributed by atoms with van der Waals surface area (Å²) in [6.45, 7) is 10.8. The number of urea groups is 1. The summed E-state index contributed by atoms with van der Waals surface area (Å²) in [4.78, 5) is 43.3. The highest BCUT2D eigenvalue weighted by Crippen LogP contribution is 2.36. The van der Waals surface area contributed by atoms with Gasteiger partial charge in [0.05, 0.1) is 16.8 Å². The molecule has 0 aliphatic carbocycles. The first kappa shape index (κ1) is 29.4. The molecule has 0 radical (unpaired) electrons. The number of hydrogen-bond acceptors (Lipinski definition) is 6. The molecule has 1 aliphatic rings. The Hall–Kier alpha value is -4.59. The van der Waals surface area contributed by atoms with Crippen molar-refractivity contribution in [3.8, 4) is 0 Å². The van der Waals surface area contributed by atoms with E-state index >= 15 is 0 Å². The first-order chi connectivity index (χ1) is 19.4. The molecular formula is C27H30F3N7O4. The average molecular weight is 574 g/mol. The number of aromatic nitrogens is 2. The third kappa shape index (κ3) is 6.60. The third-order valence-electron chi connectivity index (χ3n) is 6.69. The Morgan fingerprint density at radius 1 is 1.12 bits per heavy atom. The van der Waals surface area contributed by atoms with Gasteiger partial charge in [-0.05, 0) is 50.7 Å². The van der Waals surface area contributed by atoms with Crippen LogP contribution in [-0.4, -0.2) is 59.1 Å². The lowest BCUT2D eigenvalue weighted by Gasteiger charge is -2.18. The van der Waals surface area contributed by atoms with Gasteiger partial charge in [-0.1, -0.05) is 25.1 Å². The van der Waals surface area contributed by atoms with Crippen LogP contribution in [-0.2, 0) is 11.0 Å². The summed E-state index contributed by atoms with van der Waals surface area (Å²) in [5, 5.41) is 13.5. The van der Waals surface area contributed by atoms with Gasteiger partial charge in [0.2, 0.25) is 5.76 Å². The number of anilines is 3. The Morgan fingerprint density at radius 2 is 1.85 bits per heavy atom. The van der Waals surface area contributed by atoms with Crippen LogP contribution in [0.5, 0.6) is 0 Å². The van der Waals surface area contributed by atoms with Crippen LogP contribution in [0.2, 0.25) is 0 Å². The number of aryl methyl sites for hydroxylation is 1. The number of benzene rings is 1. The fourth-order valence-corrected chi connectivity index (χ4v) is 4.52. The summed E-state index contributed by atoms with van der Waals surface area (Å²) in [6, 6.07) is 4.38. The lowest BCUT2D eigenvalue weighted by atomic mass is 10.0. The molecule has 0 fully saturated rings. The second kappa shape index (κ2) is 11.9. The number of amides is 4. The van der Waals surface area contributed by atoms with Gasteiger partial charge in [0.1, 0.15) is 0 Å². The van der Waals surface area contributed by atoms with E-state index in [0.29, 0.717) is 51.9 Å². The average Bonchev–Trinajstić information content (AvgIpc) is 3.57. The van der Waals surface area contributed by atoms with Crippen molar-refractivity contribution in [1.29, 1.82) is 0 Å². The summed E-state index contributed by atoms with van der Waals surface area (Å²) in [5.41, 5.74) is 4.15. The molecule has 0 bridgehead atoms. The van der Waals surface area contributed by atoms with E-state index in [-0.39, 0.29) is 17.5 Å². The number of H-pyrrole nitrogens is 1. The molecule has 0 atom stereocenters. The van der Waals surface area contributed by atoms with E-state index in [1.165, 1.54) is 12.1 Å². The summed E-state index contributed by atoms with van der Waals surface area (Å²) in [6.07, 6.45) is -3.07. The Bertz CT molecular complexity index is 1500. The van der Waals surface area contributed by atoms with Gasteiger partial charge in [-0.2, -0.15) is 13.2 Å². The Kier molecular flexibility index (Phi) is 8.52. The van der Waals surface area contributed by atoms with Crippen molar-refractivity contribution >= 4 is 46.7 Å². The molecule has 4 amide bonds. The first-order valence-corrected chi connectivity index (χ1v) is 12.9. The molecule has 0 saturated heterocycles. The maximum Gasteiger partial charge on any atom is 0.452 e. The lowest BCUT2D eigenvalue weighted by Crippen LogP contribution is -2.35. The van der Waals surface area contributed by atoms with Crippen LogP contribution >= 0.6 is 0 Å². The van der Waals surface area contributed by atoms with Gasteiger partial charge >= 0.3 is 12.2 Å². The second-order valence-corrected chi connectivity index (χ2v) is 9.37. The van der Waals surface area contributed by atoms with Gasteiger partial charge in [0.25, 0.3) is 11.8 Å². The van der Waals surface area contributed by atoms with Gasteiger partial charge in [-0.3, -0.25) is 14.9 Å². The van der Waals surface area contributed by atoms with Crippen LogP contribution in [0.15, 0.2) is 28.8 Å². The van der Waals surface area contributed by atoms with Crippen molar-refractivity contribution in [3.63, 3.8) is 0 Å². The number of rotatable bonds is 9. The van der Waals surface area contributed by atoms with Gasteiger partial charge in [-0.15, -0.1) is 0 Å². The van der Waals surface area contributed by atoms with Crippen LogP contribution < -0.4 is 21.3 Å². The van der Waals surface area contributed by atoms with Crippen LogP contribution in [0.1, 0.15) is 52.5 Å². The van der Waals surface area contributed by atoms with E-state index in [9.17, 15) is 27.6 Å². The summed E-state index contributed by atoms with van der Waals surface area (Å²) >= 11 is 0. The molecule has 218 valence electrons. The number of nitrogens with one attached hydrogen (secondary N) is 5. The molecule has 14 heteroatoms. The fraction of sp³-hybridized carbons (Fsp3) is 0.333. The SMILES string of the molecule is CCN(CC)CCNC(=O)c1c(C)[nH]c(/C=C2\C(=O)Nc3cc(NC(=O)Nc4cc(C(F)(F)F)on4)ccc32)c1C. The molecule has 5 N–H and O–H groups in total. The summed E-state index contributed by atoms with van der Waals surface area (Å²) in [7, 11) is 0. The number of carbonyl (C=O) groups is 3. The van der Waals surface area contributed by atoms with E-state index in [1.54, 1.807) is 26.0 Å². The Balaban J connectivity index is 1.46. The van der Waals surface area contributed by atoms with E-state index in [0.717, 1.165) is 19.6 Å². The molecule has 0 spiro atoms. The fourth-order valence-electron chi connectivity index (χ4n) is 4.52. The zero-order valence-electron chi connectivity index (χ0n) is 22.9. The number of fused-ring (bicyclic) bond motifs is 1. The van der Waals surface area contributed by atoms with E-state index in [2.05, 4.69) is 54.7 Å². The predicted octanol–water partition coefficient (Wildman–Crippen LogP) is 4.85. The minimum atomic E-state index is -4.73. The lowest BCUT2D eigenvalue weighted by molar-refractivity contribution is -0.155. The molecule has 0 unspecified atom stereocenters. The molecule has 1 aliphatic heterocycles. The second-order valence-electron chi connectivity index (χ2n) is 9.37. The molecule has 1 aromatic carbocycles. The van der Waals surface area contributed by atoms with Crippen LogP contribution in [0.25, 0.3) is 11.6 Å². The maximum absolute atomic E-state index is 12.9. The van der Waals surface area contributed by atoms with Crippen molar-refractivity contribution in [1.82, 2.24) is 20.4 Å². The van der Waals surface area contributed by atoms with Gasteiger partial charge in [0.15, 0.2) is 5.82 Å². The quantitative estimate of drug-likeness (QED) is 0.232. The highest BCUT2D eigenvalue weighted by Gasteiger charge is 2.36. The number of hydrogen-bond donors (Lipinski definition) is 5. The predicted molar refractivity (Wildman–Crippen MR) is 147 cm³/mol. The zero-order chi connectivity index (χ0) is 29.9. The molecular weight excluding hydrogens is 543 g/mol. The van der Waals surface area contributed by atoms with Crippen molar-refractivity contribution in [2.45, 2.75) is 33.9 Å². The number of nitrogens with zero attached hydrogens (tertiary/aromatic N) is 2. The van der Waals surface area contributed by atoms with Crippen LogP contribution in [0, 0.1) is 13.8 Å². The van der Waals surface area contributed by atoms with Crippen molar-refractivity contribution < 1.29 is 32.1 Å². The smallest absolute Gasteiger partial charge is 0.358 e. The number of aromatic amines is 1. The molecule has 41 heavy (non-hydrogen) atoms. The molecule has 3 aromatic rings. The molecule has 4 rings (SSSR count). The third-order valence-corrected chi connectivity index (χ3v) is 6.69. The van der Waals surface area contributed by atoms with Crippen molar-refractivity contribution in [2.75, 3.05) is 42.1 Å².